The summed E-state index contributed by atoms with van der Waals surface area (Å²) in [7, 11) is 0. The van der Waals surface area contributed by atoms with Crippen molar-refractivity contribution in [2.24, 2.45) is 0 Å². The van der Waals surface area contributed by atoms with Crippen LogP contribution in [-0.2, 0) is 28.6 Å². The molecule has 0 spiro atoms. The maximum atomic E-state index is 11.8. The van der Waals surface area contributed by atoms with E-state index in [0.29, 0.717) is 17.2 Å². The summed E-state index contributed by atoms with van der Waals surface area (Å²) >= 11 is 1.29. The molecule has 164 valence electrons. The Morgan fingerprint density at radius 1 is 0.903 bits per heavy atom. The molecule has 1 fully saturated rings. The third-order valence-electron chi connectivity index (χ3n) is 4.26. The molecule has 1 saturated heterocycles. The van der Waals surface area contributed by atoms with Gasteiger partial charge in [0.05, 0.1) is 5.69 Å². The lowest BCUT2D eigenvalue weighted by Crippen LogP contribution is -2.55. The highest BCUT2D eigenvalue weighted by Gasteiger charge is 2.47. The molecule has 0 radical (unpaired) electrons. The standard InChI is InChI=1S/C21H22N2O7S/c1-12(24)27-18-11-31-21(20(29-14(3)26)19(18)28-13(2)25)30-16-6-9-23-17(10-16)15-4-7-22-8-5-15/h4-10,18-21H,11H2,1-3H3/t18-,19+,20-,21-/m1/s1. The molecule has 9 nitrogen and oxygen atoms in total. The Bertz CT molecular complexity index is 940. The summed E-state index contributed by atoms with van der Waals surface area (Å²) in [5, 5.41) is 0. The molecule has 0 aliphatic carbocycles. The van der Waals surface area contributed by atoms with E-state index >= 15 is 0 Å². The highest BCUT2D eigenvalue weighted by atomic mass is 32.2. The van der Waals surface area contributed by atoms with Crippen LogP contribution in [0.15, 0.2) is 42.9 Å². The number of hydrogen-bond acceptors (Lipinski definition) is 10. The third kappa shape index (κ3) is 6.17. The van der Waals surface area contributed by atoms with Crippen molar-refractivity contribution in [3.8, 4) is 17.0 Å². The molecule has 31 heavy (non-hydrogen) atoms. The molecule has 0 bridgehead atoms. The van der Waals surface area contributed by atoms with E-state index in [-0.39, 0.29) is 0 Å². The maximum absolute atomic E-state index is 11.8. The number of hydrogen-bond donors (Lipinski definition) is 0. The van der Waals surface area contributed by atoms with E-state index in [2.05, 4.69) is 9.97 Å². The van der Waals surface area contributed by atoms with Gasteiger partial charge >= 0.3 is 17.9 Å². The van der Waals surface area contributed by atoms with Gasteiger partial charge in [0.15, 0.2) is 23.7 Å². The maximum Gasteiger partial charge on any atom is 0.303 e. The van der Waals surface area contributed by atoms with E-state index in [1.54, 1.807) is 30.7 Å². The van der Waals surface area contributed by atoms with Gasteiger partial charge in [-0.2, -0.15) is 0 Å². The zero-order chi connectivity index (χ0) is 22.4. The highest BCUT2D eigenvalue weighted by molar-refractivity contribution is 7.99. The highest BCUT2D eigenvalue weighted by Crippen LogP contribution is 2.34. The van der Waals surface area contributed by atoms with Crippen molar-refractivity contribution < 1.29 is 33.3 Å². The van der Waals surface area contributed by atoms with Crippen LogP contribution in [0.1, 0.15) is 20.8 Å². The Morgan fingerprint density at radius 3 is 2.19 bits per heavy atom. The van der Waals surface area contributed by atoms with Crippen molar-refractivity contribution in [3.05, 3.63) is 42.9 Å². The first-order chi connectivity index (χ1) is 14.8. The fraction of sp³-hybridized carbons (Fsp3) is 0.381. The Labute approximate surface area is 183 Å². The SMILES string of the molecule is CC(=O)O[C@@H]1[C@@H](OC(C)=O)[C@H](OC(C)=O)CS[C@H]1Oc1ccnc(-c2ccncc2)c1. The molecular formula is C21H22N2O7S. The van der Waals surface area contributed by atoms with Gasteiger partial charge in [-0.15, -0.1) is 11.8 Å². The fourth-order valence-electron chi connectivity index (χ4n) is 3.11. The Kier molecular flexibility index (Phi) is 7.45. The first-order valence-corrected chi connectivity index (χ1v) is 10.5. The van der Waals surface area contributed by atoms with Gasteiger partial charge in [-0.25, -0.2) is 0 Å². The summed E-state index contributed by atoms with van der Waals surface area (Å²) in [4.78, 5) is 43.3. The van der Waals surface area contributed by atoms with Gasteiger partial charge in [-0.3, -0.25) is 24.4 Å². The van der Waals surface area contributed by atoms with E-state index in [4.69, 9.17) is 18.9 Å². The number of esters is 3. The topological polar surface area (TPSA) is 114 Å². The van der Waals surface area contributed by atoms with E-state index < -0.39 is 41.7 Å². The van der Waals surface area contributed by atoms with Gasteiger partial charge in [-0.05, 0) is 18.2 Å². The number of aromatic nitrogens is 2. The van der Waals surface area contributed by atoms with E-state index in [1.807, 2.05) is 12.1 Å². The minimum absolute atomic E-state index is 0.294. The fourth-order valence-corrected chi connectivity index (χ4v) is 4.33. The molecule has 3 heterocycles. The Hall–Kier alpha value is -3.14. The number of carbonyl (C=O) groups is 3. The molecule has 3 rings (SSSR count). The second-order valence-corrected chi connectivity index (χ2v) is 7.86. The van der Waals surface area contributed by atoms with E-state index in [9.17, 15) is 14.4 Å². The molecule has 4 atom stereocenters. The summed E-state index contributed by atoms with van der Waals surface area (Å²) in [5.74, 6) is -0.910. The molecule has 0 saturated carbocycles. The van der Waals surface area contributed by atoms with Crippen LogP contribution in [0.2, 0.25) is 0 Å². The van der Waals surface area contributed by atoms with Crippen LogP contribution in [0.25, 0.3) is 11.3 Å². The molecule has 2 aromatic heterocycles. The van der Waals surface area contributed by atoms with Crippen LogP contribution in [0.5, 0.6) is 5.75 Å². The molecule has 0 aromatic carbocycles. The van der Waals surface area contributed by atoms with Gasteiger partial charge in [-0.1, -0.05) is 0 Å². The minimum Gasteiger partial charge on any atom is -0.476 e. The summed E-state index contributed by atoms with van der Waals surface area (Å²) in [6, 6.07) is 7.07. The van der Waals surface area contributed by atoms with Crippen molar-refractivity contribution in [2.75, 3.05) is 5.75 Å². The summed E-state index contributed by atoms with van der Waals surface area (Å²) in [6.45, 7) is 3.74. The molecular weight excluding hydrogens is 424 g/mol. The monoisotopic (exact) mass is 446 g/mol. The number of thioether (sulfide) groups is 1. The molecule has 1 aliphatic rings. The van der Waals surface area contributed by atoms with E-state index in [1.165, 1.54) is 32.5 Å². The molecule has 0 N–H and O–H groups in total. The van der Waals surface area contributed by atoms with Crippen molar-refractivity contribution in [1.29, 1.82) is 0 Å². The van der Waals surface area contributed by atoms with Crippen molar-refractivity contribution >= 4 is 29.7 Å². The minimum atomic E-state index is -1.00. The second-order valence-electron chi connectivity index (χ2n) is 6.73. The predicted octanol–water partition coefficient (Wildman–Crippen LogP) is 2.39. The molecule has 0 unspecified atom stereocenters. The van der Waals surface area contributed by atoms with Gasteiger partial charge in [0.25, 0.3) is 0 Å². The molecule has 1 aliphatic heterocycles. The van der Waals surface area contributed by atoms with Crippen LogP contribution >= 0.6 is 11.8 Å². The van der Waals surface area contributed by atoms with Crippen molar-refractivity contribution in [3.63, 3.8) is 0 Å². The first kappa shape index (κ1) is 22.5. The largest absolute Gasteiger partial charge is 0.476 e. The van der Waals surface area contributed by atoms with Gasteiger partial charge < -0.3 is 18.9 Å². The lowest BCUT2D eigenvalue weighted by Gasteiger charge is -2.39. The number of nitrogens with zero attached hydrogens (tertiary/aromatic N) is 2. The van der Waals surface area contributed by atoms with E-state index in [0.717, 1.165) is 5.56 Å². The van der Waals surface area contributed by atoms with Gasteiger partial charge in [0.1, 0.15) is 5.75 Å². The third-order valence-corrected chi connectivity index (χ3v) is 5.48. The summed E-state index contributed by atoms with van der Waals surface area (Å²) in [5.41, 5.74) is 0.841. The quantitative estimate of drug-likeness (QED) is 0.484. The Morgan fingerprint density at radius 2 is 1.55 bits per heavy atom. The number of pyridine rings is 2. The number of rotatable bonds is 6. The van der Waals surface area contributed by atoms with Crippen LogP contribution in [0.4, 0.5) is 0 Å². The molecule has 0 amide bonds. The predicted molar refractivity (Wildman–Crippen MR) is 111 cm³/mol. The van der Waals surface area contributed by atoms with Crippen molar-refractivity contribution in [2.45, 2.75) is 44.5 Å². The zero-order valence-electron chi connectivity index (χ0n) is 17.2. The smallest absolute Gasteiger partial charge is 0.303 e. The van der Waals surface area contributed by atoms with Gasteiger partial charge in [0.2, 0.25) is 0 Å². The number of ether oxygens (including phenoxy) is 4. The lowest BCUT2D eigenvalue weighted by atomic mass is 10.1. The summed E-state index contributed by atoms with van der Waals surface area (Å²) < 4.78 is 22.2. The van der Waals surface area contributed by atoms with Crippen LogP contribution in [0.3, 0.4) is 0 Å². The van der Waals surface area contributed by atoms with Crippen LogP contribution in [0, 0.1) is 0 Å². The normalized spacial score (nSPS) is 22.8. The van der Waals surface area contributed by atoms with Gasteiger partial charge in [0, 0.05) is 56.7 Å². The first-order valence-electron chi connectivity index (χ1n) is 9.50. The van der Waals surface area contributed by atoms with Crippen molar-refractivity contribution in [1.82, 2.24) is 9.97 Å². The zero-order valence-corrected chi connectivity index (χ0v) is 18.0. The molecule has 10 heteroatoms. The van der Waals surface area contributed by atoms with Crippen LogP contribution in [-0.4, -0.2) is 57.4 Å². The Balaban J connectivity index is 1.86. The average Bonchev–Trinajstić information content (AvgIpc) is 2.72. The van der Waals surface area contributed by atoms with Crippen LogP contribution < -0.4 is 4.74 Å². The lowest BCUT2D eigenvalue weighted by molar-refractivity contribution is -0.186. The summed E-state index contributed by atoms with van der Waals surface area (Å²) in [6.07, 6.45) is 2.17. The number of carbonyl (C=O) groups excluding carboxylic acids is 3. The second kappa shape index (κ2) is 10.3. The molecule has 2 aromatic rings. The average molecular weight is 446 g/mol.